The van der Waals surface area contributed by atoms with E-state index in [0.29, 0.717) is 6.54 Å². The van der Waals surface area contributed by atoms with Gasteiger partial charge >= 0.3 is 0 Å². The number of hydrogen-bond acceptors (Lipinski definition) is 2. The van der Waals surface area contributed by atoms with Crippen molar-refractivity contribution in [1.29, 1.82) is 0 Å². The Bertz CT molecular complexity index is 2550. The smallest absolute Gasteiger partial charge is 0.0751 e. The minimum atomic E-state index is 0.612. The van der Waals surface area contributed by atoms with Gasteiger partial charge in [0.05, 0.1) is 29.0 Å². The molecular formula is C48H35N3. The van der Waals surface area contributed by atoms with Gasteiger partial charge in [-0.15, -0.1) is 0 Å². The first-order valence-corrected chi connectivity index (χ1v) is 17.4. The first-order chi connectivity index (χ1) is 25.2. The van der Waals surface area contributed by atoms with Crippen molar-refractivity contribution in [2.45, 2.75) is 13.0 Å². The minimum Gasteiger partial charge on any atom is -0.309 e. The summed E-state index contributed by atoms with van der Waals surface area (Å²) >= 11 is 0. The average molecular weight is 654 g/mol. The number of hydrogen-bond donors (Lipinski definition) is 0. The largest absolute Gasteiger partial charge is 0.309 e. The van der Waals surface area contributed by atoms with Crippen LogP contribution in [0.4, 0.5) is 0 Å². The molecule has 9 rings (SSSR count). The molecule has 1 aliphatic carbocycles. The van der Waals surface area contributed by atoms with Gasteiger partial charge in [-0.2, -0.15) is 0 Å². The SMILES string of the molecule is C=N/C(=C1/Cc2cc(-c3ccc(-c4ccc(-n5c6ccccc6c6ccccc65)cc4)cc3)ccc2C1=NCc1ccccc1)c1ccccc1. The summed E-state index contributed by atoms with van der Waals surface area (Å²) in [4.78, 5) is 9.72. The lowest BCUT2D eigenvalue weighted by Gasteiger charge is -2.10. The molecule has 51 heavy (non-hydrogen) atoms. The van der Waals surface area contributed by atoms with E-state index < -0.39 is 0 Å². The Hall–Kier alpha value is -6.58. The third-order valence-electron chi connectivity index (χ3n) is 10.0. The van der Waals surface area contributed by atoms with Crippen LogP contribution in [0.25, 0.3) is 55.4 Å². The normalized spacial score (nSPS) is 14.2. The number of aromatic nitrogens is 1. The highest BCUT2D eigenvalue weighted by molar-refractivity contribution is 6.20. The molecule has 0 bridgehead atoms. The number of fused-ring (bicyclic) bond motifs is 4. The van der Waals surface area contributed by atoms with E-state index in [1.165, 1.54) is 60.8 Å². The van der Waals surface area contributed by atoms with E-state index >= 15 is 0 Å². The van der Waals surface area contributed by atoms with Crippen molar-refractivity contribution < 1.29 is 0 Å². The molecule has 0 radical (unpaired) electrons. The van der Waals surface area contributed by atoms with Crippen LogP contribution in [0.5, 0.6) is 0 Å². The summed E-state index contributed by atoms with van der Waals surface area (Å²) in [6.45, 7) is 4.59. The Kier molecular flexibility index (Phi) is 7.79. The van der Waals surface area contributed by atoms with E-state index in [-0.39, 0.29) is 0 Å². The Morgan fingerprint density at radius 3 is 1.71 bits per heavy atom. The summed E-state index contributed by atoms with van der Waals surface area (Å²) in [5.41, 5.74) is 16.1. The molecule has 3 nitrogen and oxygen atoms in total. The van der Waals surface area contributed by atoms with Crippen LogP contribution in [0, 0.1) is 0 Å². The van der Waals surface area contributed by atoms with Crippen LogP contribution in [0.1, 0.15) is 22.3 Å². The van der Waals surface area contributed by atoms with Gasteiger partial charge in [-0.25, -0.2) is 0 Å². The van der Waals surface area contributed by atoms with Crippen molar-refractivity contribution in [3.8, 4) is 27.9 Å². The lowest BCUT2D eigenvalue weighted by molar-refractivity contribution is 1.07. The highest BCUT2D eigenvalue weighted by Crippen LogP contribution is 2.37. The number of para-hydroxylation sites is 2. The van der Waals surface area contributed by atoms with E-state index in [1.54, 1.807) is 0 Å². The van der Waals surface area contributed by atoms with Crippen LogP contribution in [-0.2, 0) is 13.0 Å². The van der Waals surface area contributed by atoms with E-state index in [2.05, 4.69) is 168 Å². The number of allylic oxidation sites excluding steroid dienone is 1. The van der Waals surface area contributed by atoms with Crippen LogP contribution in [0.2, 0.25) is 0 Å². The summed E-state index contributed by atoms with van der Waals surface area (Å²) in [6.07, 6.45) is 0.760. The first kappa shape index (κ1) is 30.5. The molecule has 0 saturated carbocycles. The van der Waals surface area contributed by atoms with Gasteiger partial charge in [-0.05, 0) is 64.4 Å². The van der Waals surface area contributed by atoms with Crippen LogP contribution in [-0.4, -0.2) is 17.0 Å². The van der Waals surface area contributed by atoms with Crippen molar-refractivity contribution in [2.75, 3.05) is 0 Å². The molecule has 0 atom stereocenters. The topological polar surface area (TPSA) is 29.6 Å². The standard InChI is InChI=1S/C48H35N3/c1-49-47(37-14-6-3-7-15-37)44-31-39-30-38(26-29-41(39)48(44)50-32-33-12-4-2-5-13-33)36-22-20-34(21-23-36)35-24-27-40(28-25-35)51-45-18-10-8-16-42(45)43-17-9-11-19-46(43)51/h2-30H,1,31-32H2/b47-44-,50-48?. The number of aliphatic imine (C=N–C) groups is 2. The van der Waals surface area contributed by atoms with Crippen molar-refractivity contribution >= 4 is 39.9 Å². The summed E-state index contributed by atoms with van der Waals surface area (Å²) in [5.74, 6) is 0. The van der Waals surface area contributed by atoms with Gasteiger partial charge in [0, 0.05) is 39.6 Å². The summed E-state index contributed by atoms with van der Waals surface area (Å²) in [5, 5.41) is 2.55. The fraction of sp³-hybridized carbons (Fsp3) is 0.0417. The molecule has 0 amide bonds. The van der Waals surface area contributed by atoms with E-state index in [0.717, 1.165) is 34.7 Å². The monoisotopic (exact) mass is 653 g/mol. The van der Waals surface area contributed by atoms with Gasteiger partial charge in [0.2, 0.25) is 0 Å². The molecule has 0 saturated heterocycles. The van der Waals surface area contributed by atoms with Gasteiger partial charge < -0.3 is 4.57 Å². The molecule has 0 fully saturated rings. The second-order valence-electron chi connectivity index (χ2n) is 13.0. The third-order valence-corrected chi connectivity index (χ3v) is 10.0. The van der Waals surface area contributed by atoms with Crippen LogP contribution < -0.4 is 0 Å². The highest BCUT2D eigenvalue weighted by Gasteiger charge is 2.27. The van der Waals surface area contributed by atoms with Gasteiger partial charge in [0.25, 0.3) is 0 Å². The Morgan fingerprint density at radius 2 is 1.08 bits per heavy atom. The van der Waals surface area contributed by atoms with Gasteiger partial charge in [0.1, 0.15) is 0 Å². The molecule has 1 aliphatic rings. The number of rotatable bonds is 7. The van der Waals surface area contributed by atoms with Crippen molar-refractivity contribution in [1.82, 2.24) is 4.57 Å². The predicted molar refractivity (Wildman–Crippen MR) is 215 cm³/mol. The number of benzene rings is 7. The molecule has 3 heteroatoms. The van der Waals surface area contributed by atoms with Crippen LogP contribution in [0.3, 0.4) is 0 Å². The van der Waals surface area contributed by atoms with Crippen molar-refractivity contribution in [2.24, 2.45) is 9.98 Å². The third kappa shape index (κ3) is 5.59. The maximum absolute atomic E-state index is 5.18. The van der Waals surface area contributed by atoms with Crippen LogP contribution in [0.15, 0.2) is 191 Å². The minimum absolute atomic E-state index is 0.612. The lowest BCUT2D eigenvalue weighted by atomic mass is 9.97. The Balaban J connectivity index is 1.02. The molecular weight excluding hydrogens is 619 g/mol. The molecule has 1 heterocycles. The molecule has 8 aromatic rings. The maximum Gasteiger partial charge on any atom is 0.0751 e. The average Bonchev–Trinajstić information content (AvgIpc) is 3.73. The highest BCUT2D eigenvalue weighted by atomic mass is 15.0. The quantitative estimate of drug-likeness (QED) is 0.153. The zero-order valence-corrected chi connectivity index (χ0v) is 28.2. The first-order valence-electron chi connectivity index (χ1n) is 17.4. The molecule has 1 aromatic heterocycles. The summed E-state index contributed by atoms with van der Waals surface area (Å²) < 4.78 is 2.36. The second-order valence-corrected chi connectivity index (χ2v) is 13.0. The predicted octanol–water partition coefficient (Wildman–Crippen LogP) is 11.8. The van der Waals surface area contributed by atoms with Gasteiger partial charge in [0.15, 0.2) is 0 Å². The fourth-order valence-electron chi connectivity index (χ4n) is 7.53. The van der Waals surface area contributed by atoms with Crippen LogP contribution >= 0.6 is 0 Å². The molecule has 0 N–H and O–H groups in total. The molecule has 0 spiro atoms. The molecule has 0 aliphatic heterocycles. The summed E-state index contributed by atoms with van der Waals surface area (Å²) in [6, 6.07) is 62.6. The zero-order chi connectivity index (χ0) is 34.1. The molecule has 7 aromatic carbocycles. The van der Waals surface area contributed by atoms with Crippen molar-refractivity contribution in [3.05, 3.63) is 204 Å². The molecule has 0 unspecified atom stereocenters. The van der Waals surface area contributed by atoms with Crippen molar-refractivity contribution in [3.63, 3.8) is 0 Å². The second kappa shape index (κ2) is 13.0. The van der Waals surface area contributed by atoms with E-state index in [9.17, 15) is 0 Å². The summed E-state index contributed by atoms with van der Waals surface area (Å²) in [7, 11) is 0. The molecule has 242 valence electrons. The van der Waals surface area contributed by atoms with Gasteiger partial charge in [-0.3, -0.25) is 9.98 Å². The van der Waals surface area contributed by atoms with Gasteiger partial charge in [-0.1, -0.05) is 152 Å². The Labute approximate surface area is 298 Å². The zero-order valence-electron chi connectivity index (χ0n) is 28.2. The van der Waals surface area contributed by atoms with E-state index in [1.807, 2.05) is 24.3 Å². The number of nitrogens with zero attached hydrogens (tertiary/aromatic N) is 3. The maximum atomic E-state index is 5.18. The van der Waals surface area contributed by atoms with E-state index in [4.69, 9.17) is 4.99 Å². The lowest BCUT2D eigenvalue weighted by Crippen LogP contribution is -2.03. The fourth-order valence-corrected chi connectivity index (χ4v) is 7.53. The Morgan fingerprint density at radius 1 is 0.549 bits per heavy atom.